The lowest BCUT2D eigenvalue weighted by Crippen LogP contribution is -2.32. The summed E-state index contributed by atoms with van der Waals surface area (Å²) in [6.07, 6.45) is 0.169. The summed E-state index contributed by atoms with van der Waals surface area (Å²) in [5.41, 5.74) is 2.35. The summed E-state index contributed by atoms with van der Waals surface area (Å²) in [6.45, 7) is 3.68. The number of nitrogens with one attached hydrogen (secondary N) is 1. The van der Waals surface area contributed by atoms with E-state index in [-0.39, 0.29) is 24.8 Å². The molecule has 1 N–H and O–H groups in total. The average Bonchev–Trinajstić information content (AvgIpc) is 2.62. The van der Waals surface area contributed by atoms with Crippen molar-refractivity contribution >= 4 is 23.2 Å². The molecular formula is C20H24N2O4. The van der Waals surface area contributed by atoms with Gasteiger partial charge in [-0.05, 0) is 48.9 Å². The van der Waals surface area contributed by atoms with Gasteiger partial charge in [-0.15, -0.1) is 0 Å². The normalized spacial score (nSPS) is 10.2. The predicted octanol–water partition coefficient (Wildman–Crippen LogP) is 3.39. The zero-order valence-corrected chi connectivity index (χ0v) is 15.5. The Labute approximate surface area is 153 Å². The van der Waals surface area contributed by atoms with Crippen LogP contribution in [0.15, 0.2) is 42.5 Å². The number of hydrogen-bond donors (Lipinski definition) is 1. The minimum absolute atomic E-state index is 0.147. The summed E-state index contributed by atoms with van der Waals surface area (Å²) < 4.78 is 10.4. The standard InChI is InChI=1S/C20H24N2O4/c1-14-5-10-19(26-4)18(13-14)22(15(2)23)12-11-20(24)21-16-6-8-17(25-3)9-7-16/h5-10,13H,11-12H2,1-4H3,(H,21,24). The maximum absolute atomic E-state index is 12.2. The number of amides is 2. The molecule has 2 aromatic rings. The number of benzene rings is 2. The molecule has 0 spiro atoms. The number of hydrogen-bond acceptors (Lipinski definition) is 4. The summed E-state index contributed by atoms with van der Waals surface area (Å²) in [5.74, 6) is 0.998. The van der Waals surface area contributed by atoms with E-state index < -0.39 is 0 Å². The molecule has 0 atom stereocenters. The topological polar surface area (TPSA) is 67.9 Å². The number of methoxy groups -OCH3 is 2. The molecule has 0 radical (unpaired) electrons. The van der Waals surface area contributed by atoms with Crippen LogP contribution < -0.4 is 19.7 Å². The van der Waals surface area contributed by atoms with Crippen molar-refractivity contribution in [2.24, 2.45) is 0 Å². The van der Waals surface area contributed by atoms with Crippen LogP contribution in [-0.2, 0) is 9.59 Å². The Morgan fingerprint density at radius 1 is 1.04 bits per heavy atom. The van der Waals surface area contributed by atoms with Gasteiger partial charge in [-0.1, -0.05) is 6.07 Å². The fourth-order valence-corrected chi connectivity index (χ4v) is 2.57. The molecule has 2 rings (SSSR count). The molecule has 0 unspecified atom stereocenters. The van der Waals surface area contributed by atoms with Crippen LogP contribution in [-0.4, -0.2) is 32.6 Å². The molecule has 6 heteroatoms. The lowest BCUT2D eigenvalue weighted by Gasteiger charge is -2.23. The number of aryl methyl sites for hydroxylation is 1. The van der Waals surface area contributed by atoms with Crippen LogP contribution in [0.3, 0.4) is 0 Å². The van der Waals surface area contributed by atoms with Crippen LogP contribution in [0.4, 0.5) is 11.4 Å². The Kier molecular flexibility index (Phi) is 6.60. The van der Waals surface area contributed by atoms with Crippen LogP contribution in [0.25, 0.3) is 0 Å². The fraction of sp³-hybridized carbons (Fsp3) is 0.300. The first-order valence-corrected chi connectivity index (χ1v) is 8.31. The van der Waals surface area contributed by atoms with E-state index in [4.69, 9.17) is 9.47 Å². The number of anilines is 2. The summed E-state index contributed by atoms with van der Waals surface area (Å²) in [6, 6.07) is 12.7. The molecule has 0 aromatic heterocycles. The summed E-state index contributed by atoms with van der Waals surface area (Å²) in [4.78, 5) is 25.9. The number of carbonyl (C=O) groups excluding carboxylic acids is 2. The molecule has 26 heavy (non-hydrogen) atoms. The third kappa shape index (κ3) is 4.99. The molecule has 138 valence electrons. The maximum Gasteiger partial charge on any atom is 0.226 e. The summed E-state index contributed by atoms with van der Waals surface area (Å²) in [5, 5.41) is 2.82. The quantitative estimate of drug-likeness (QED) is 0.826. The van der Waals surface area contributed by atoms with Gasteiger partial charge in [0, 0.05) is 25.6 Å². The lowest BCUT2D eigenvalue weighted by molar-refractivity contribution is -0.117. The van der Waals surface area contributed by atoms with Gasteiger partial charge in [-0.3, -0.25) is 9.59 Å². The van der Waals surface area contributed by atoms with Gasteiger partial charge in [0.25, 0.3) is 0 Å². The molecule has 6 nitrogen and oxygen atoms in total. The SMILES string of the molecule is COc1ccc(NC(=O)CCN(C(C)=O)c2cc(C)ccc2OC)cc1. The molecular weight excluding hydrogens is 332 g/mol. The summed E-state index contributed by atoms with van der Waals surface area (Å²) in [7, 11) is 3.15. The first-order chi connectivity index (χ1) is 12.4. The second-order valence-corrected chi connectivity index (χ2v) is 5.87. The van der Waals surface area contributed by atoms with E-state index in [9.17, 15) is 9.59 Å². The van der Waals surface area contributed by atoms with Crippen LogP contribution >= 0.6 is 0 Å². The Balaban J connectivity index is 2.05. The molecule has 2 amide bonds. The van der Waals surface area contributed by atoms with Crippen LogP contribution in [0.5, 0.6) is 11.5 Å². The zero-order valence-electron chi connectivity index (χ0n) is 15.5. The number of nitrogens with zero attached hydrogens (tertiary/aromatic N) is 1. The van der Waals surface area contributed by atoms with Gasteiger partial charge in [-0.25, -0.2) is 0 Å². The first-order valence-electron chi connectivity index (χ1n) is 8.31. The van der Waals surface area contributed by atoms with E-state index in [0.717, 1.165) is 11.3 Å². The van der Waals surface area contributed by atoms with E-state index in [2.05, 4.69) is 5.32 Å². The van der Waals surface area contributed by atoms with Crippen molar-refractivity contribution < 1.29 is 19.1 Å². The Bertz CT molecular complexity index is 772. The van der Waals surface area contributed by atoms with E-state index in [1.807, 2.05) is 25.1 Å². The molecule has 0 aliphatic heterocycles. The van der Waals surface area contributed by atoms with Crippen molar-refractivity contribution in [2.75, 3.05) is 31.0 Å². The lowest BCUT2D eigenvalue weighted by atomic mass is 10.1. The van der Waals surface area contributed by atoms with Crippen LogP contribution in [0.2, 0.25) is 0 Å². The van der Waals surface area contributed by atoms with Crippen molar-refractivity contribution in [3.05, 3.63) is 48.0 Å². The number of rotatable bonds is 7. The van der Waals surface area contributed by atoms with Gasteiger partial charge < -0.3 is 19.7 Å². The fourth-order valence-electron chi connectivity index (χ4n) is 2.57. The molecule has 2 aromatic carbocycles. The van der Waals surface area contributed by atoms with E-state index in [0.29, 0.717) is 17.1 Å². The van der Waals surface area contributed by atoms with Crippen molar-refractivity contribution in [1.29, 1.82) is 0 Å². The first kappa shape index (κ1) is 19.3. The molecule has 0 heterocycles. The van der Waals surface area contributed by atoms with Crippen LogP contribution in [0.1, 0.15) is 18.9 Å². The predicted molar refractivity (Wildman–Crippen MR) is 102 cm³/mol. The van der Waals surface area contributed by atoms with Crippen molar-refractivity contribution in [3.63, 3.8) is 0 Å². The Morgan fingerprint density at radius 3 is 2.31 bits per heavy atom. The zero-order chi connectivity index (χ0) is 19.1. The highest BCUT2D eigenvalue weighted by Gasteiger charge is 2.17. The molecule has 0 aliphatic carbocycles. The third-order valence-corrected chi connectivity index (χ3v) is 3.94. The van der Waals surface area contributed by atoms with Gasteiger partial charge in [0.1, 0.15) is 11.5 Å². The highest BCUT2D eigenvalue weighted by Crippen LogP contribution is 2.29. The minimum Gasteiger partial charge on any atom is -0.497 e. The second-order valence-electron chi connectivity index (χ2n) is 5.87. The Morgan fingerprint density at radius 2 is 1.73 bits per heavy atom. The monoisotopic (exact) mass is 356 g/mol. The van der Waals surface area contributed by atoms with Crippen molar-refractivity contribution in [1.82, 2.24) is 0 Å². The highest BCUT2D eigenvalue weighted by molar-refractivity contribution is 5.95. The highest BCUT2D eigenvalue weighted by atomic mass is 16.5. The number of carbonyl (C=O) groups is 2. The van der Waals surface area contributed by atoms with Crippen molar-refractivity contribution in [2.45, 2.75) is 20.3 Å². The molecule has 0 saturated carbocycles. The Hall–Kier alpha value is -3.02. The third-order valence-electron chi connectivity index (χ3n) is 3.94. The van der Waals surface area contributed by atoms with E-state index >= 15 is 0 Å². The molecule has 0 saturated heterocycles. The van der Waals surface area contributed by atoms with Gasteiger partial charge in [-0.2, -0.15) is 0 Å². The minimum atomic E-state index is -0.173. The number of ether oxygens (including phenoxy) is 2. The van der Waals surface area contributed by atoms with Gasteiger partial charge >= 0.3 is 0 Å². The van der Waals surface area contributed by atoms with Gasteiger partial charge in [0.15, 0.2) is 0 Å². The molecule has 0 aliphatic rings. The molecule has 0 bridgehead atoms. The largest absolute Gasteiger partial charge is 0.497 e. The van der Waals surface area contributed by atoms with E-state index in [1.165, 1.54) is 6.92 Å². The second kappa shape index (κ2) is 8.89. The van der Waals surface area contributed by atoms with Gasteiger partial charge in [0.05, 0.1) is 19.9 Å². The molecule has 0 fully saturated rings. The van der Waals surface area contributed by atoms with Crippen molar-refractivity contribution in [3.8, 4) is 11.5 Å². The maximum atomic E-state index is 12.2. The van der Waals surface area contributed by atoms with Crippen LogP contribution in [0, 0.1) is 6.92 Å². The van der Waals surface area contributed by atoms with E-state index in [1.54, 1.807) is 43.4 Å². The average molecular weight is 356 g/mol. The smallest absolute Gasteiger partial charge is 0.226 e. The summed E-state index contributed by atoms with van der Waals surface area (Å²) >= 11 is 0. The van der Waals surface area contributed by atoms with Gasteiger partial charge in [0.2, 0.25) is 11.8 Å².